The Bertz CT molecular complexity index is 1710. The van der Waals surface area contributed by atoms with Gasteiger partial charge < -0.3 is 24.4 Å². The highest BCUT2D eigenvalue weighted by molar-refractivity contribution is 5.97. The number of carbonyl (C=O) groups excluding carboxylic acids is 4. The lowest BCUT2D eigenvalue weighted by molar-refractivity contribution is -0.154. The maximum Gasteiger partial charge on any atom is 0.328 e. The van der Waals surface area contributed by atoms with Gasteiger partial charge in [0.2, 0.25) is 11.8 Å². The highest BCUT2D eigenvalue weighted by Gasteiger charge is 2.52. The molecule has 2 aliphatic heterocycles. The number of hydrogen-bond acceptors (Lipinski definition) is 6. The lowest BCUT2D eigenvalue weighted by Gasteiger charge is -2.44. The topological polar surface area (TPSA) is 118 Å². The number of rotatable bonds is 7. The number of fused-ring (bicyclic) bond motifs is 1. The van der Waals surface area contributed by atoms with Gasteiger partial charge in [-0.15, -0.1) is 0 Å². The summed E-state index contributed by atoms with van der Waals surface area (Å²) in [4.78, 5) is 70.7. The number of amides is 3. The van der Waals surface area contributed by atoms with Gasteiger partial charge in [-0.25, -0.2) is 4.79 Å². The number of aryl methyl sites for hydroxylation is 1. The Labute approximate surface area is 274 Å². The number of esters is 1. The largest absolute Gasteiger partial charge is 0.464 e. The first-order valence-electron chi connectivity index (χ1n) is 16.6. The lowest BCUT2D eigenvalue weighted by atomic mass is 9.62. The number of pyridine rings is 1. The monoisotopic (exact) mass is 638 g/mol. The maximum atomic E-state index is 14.8. The van der Waals surface area contributed by atoms with Crippen LogP contribution in [0.25, 0.3) is 0 Å². The van der Waals surface area contributed by atoms with Crippen molar-refractivity contribution in [2.45, 2.75) is 68.9 Å². The highest BCUT2D eigenvalue weighted by Crippen LogP contribution is 2.49. The van der Waals surface area contributed by atoms with Crippen LogP contribution in [0, 0.1) is 0 Å². The molecule has 2 aromatic carbocycles. The number of hydrogen-bond donors (Lipinski definition) is 1. The molecule has 2 fully saturated rings. The fourth-order valence-corrected chi connectivity index (χ4v) is 7.70. The van der Waals surface area contributed by atoms with Crippen LogP contribution in [-0.4, -0.2) is 76.4 Å². The van der Waals surface area contributed by atoms with Gasteiger partial charge in [-0.05, 0) is 74.3 Å². The smallest absolute Gasteiger partial charge is 0.328 e. The highest BCUT2D eigenvalue weighted by atomic mass is 16.5. The number of likely N-dealkylation sites (tertiary alicyclic amines) is 2. The molecule has 1 aromatic heterocycles. The van der Waals surface area contributed by atoms with Crippen molar-refractivity contribution in [1.29, 1.82) is 0 Å². The Morgan fingerprint density at radius 3 is 2.36 bits per heavy atom. The molecule has 47 heavy (non-hydrogen) atoms. The van der Waals surface area contributed by atoms with E-state index in [1.807, 2.05) is 59.5 Å². The predicted octanol–water partition coefficient (Wildman–Crippen LogP) is 3.52. The van der Waals surface area contributed by atoms with Crippen molar-refractivity contribution in [3.63, 3.8) is 0 Å². The number of nitrogens with zero attached hydrogens (tertiary/aromatic N) is 3. The Hall–Kier alpha value is -4.73. The van der Waals surface area contributed by atoms with E-state index in [1.54, 1.807) is 31.1 Å². The van der Waals surface area contributed by atoms with Crippen molar-refractivity contribution >= 4 is 23.7 Å². The Morgan fingerprint density at radius 1 is 0.894 bits per heavy atom. The molecule has 1 aliphatic carbocycles. The average Bonchev–Trinajstić information content (AvgIpc) is 3.59. The molecule has 3 heterocycles. The summed E-state index contributed by atoms with van der Waals surface area (Å²) in [6.07, 6.45) is 4.96. The third-order valence-electron chi connectivity index (χ3n) is 10.1. The van der Waals surface area contributed by atoms with E-state index in [9.17, 15) is 24.0 Å². The van der Waals surface area contributed by atoms with Gasteiger partial charge in [0.1, 0.15) is 11.6 Å². The van der Waals surface area contributed by atoms with E-state index in [1.165, 1.54) is 10.6 Å². The van der Waals surface area contributed by atoms with Crippen LogP contribution in [0.2, 0.25) is 0 Å². The normalized spacial score (nSPS) is 22.8. The molecule has 2 saturated heterocycles. The summed E-state index contributed by atoms with van der Waals surface area (Å²) in [6.45, 7) is 3.46. The van der Waals surface area contributed by atoms with E-state index in [0.29, 0.717) is 51.7 Å². The SMILES string of the molecule is CCOC(=O)[C@@H]1CCCN1C(=O)[C@@]1(c2ccccc2)CC[C@H](C(=O)N2CCC(NC(=O)c3cccn(C)c3=O)CC2)c2ccccc21. The lowest BCUT2D eigenvalue weighted by Crippen LogP contribution is -2.54. The van der Waals surface area contributed by atoms with Gasteiger partial charge in [-0.2, -0.15) is 0 Å². The molecule has 1 N–H and O–H groups in total. The first kappa shape index (κ1) is 32.2. The van der Waals surface area contributed by atoms with Crippen LogP contribution in [-0.2, 0) is 31.6 Å². The molecule has 3 aliphatic rings. The zero-order valence-corrected chi connectivity index (χ0v) is 27.0. The summed E-state index contributed by atoms with van der Waals surface area (Å²) < 4.78 is 6.73. The van der Waals surface area contributed by atoms with Crippen LogP contribution in [0.3, 0.4) is 0 Å². The zero-order chi connectivity index (χ0) is 33.1. The molecular formula is C37H42N4O6. The molecule has 0 unspecified atom stereocenters. The van der Waals surface area contributed by atoms with E-state index in [2.05, 4.69) is 5.32 Å². The first-order valence-corrected chi connectivity index (χ1v) is 16.6. The molecule has 10 nitrogen and oxygen atoms in total. The summed E-state index contributed by atoms with van der Waals surface area (Å²) in [5.41, 5.74) is 1.20. The molecule has 3 atom stereocenters. The summed E-state index contributed by atoms with van der Waals surface area (Å²) >= 11 is 0. The number of aromatic nitrogens is 1. The van der Waals surface area contributed by atoms with Crippen molar-refractivity contribution in [2.24, 2.45) is 7.05 Å². The van der Waals surface area contributed by atoms with Gasteiger partial charge in [0.15, 0.2) is 0 Å². The van der Waals surface area contributed by atoms with Gasteiger partial charge in [0, 0.05) is 38.9 Å². The van der Waals surface area contributed by atoms with Crippen LogP contribution in [0.5, 0.6) is 0 Å². The molecule has 10 heteroatoms. The van der Waals surface area contributed by atoms with Gasteiger partial charge in [-0.3, -0.25) is 19.2 Å². The molecule has 0 bridgehead atoms. The number of ether oxygens (including phenoxy) is 1. The second-order valence-electron chi connectivity index (χ2n) is 12.8. The fraction of sp³-hybridized carbons (Fsp3) is 0.432. The minimum atomic E-state index is -1.05. The van der Waals surface area contributed by atoms with Crippen molar-refractivity contribution in [2.75, 3.05) is 26.2 Å². The molecule has 0 radical (unpaired) electrons. The molecule has 3 aromatic rings. The van der Waals surface area contributed by atoms with Crippen LogP contribution < -0.4 is 10.9 Å². The molecule has 6 rings (SSSR count). The van der Waals surface area contributed by atoms with Gasteiger partial charge in [0.25, 0.3) is 11.5 Å². The average molecular weight is 639 g/mol. The Balaban J connectivity index is 1.24. The molecule has 246 valence electrons. The van der Waals surface area contributed by atoms with Crippen LogP contribution in [0.15, 0.2) is 77.7 Å². The molecule has 0 saturated carbocycles. The summed E-state index contributed by atoms with van der Waals surface area (Å²) in [5.74, 6) is -1.30. The quantitative estimate of drug-likeness (QED) is 0.396. The number of nitrogens with one attached hydrogen (secondary N) is 1. The van der Waals surface area contributed by atoms with E-state index >= 15 is 0 Å². The summed E-state index contributed by atoms with van der Waals surface area (Å²) in [7, 11) is 1.61. The molecular weight excluding hydrogens is 596 g/mol. The van der Waals surface area contributed by atoms with Gasteiger partial charge in [-0.1, -0.05) is 54.6 Å². The number of carbonyl (C=O) groups is 4. The van der Waals surface area contributed by atoms with E-state index < -0.39 is 23.3 Å². The second kappa shape index (κ2) is 13.6. The van der Waals surface area contributed by atoms with Crippen molar-refractivity contribution in [3.8, 4) is 0 Å². The number of piperidine rings is 1. The van der Waals surface area contributed by atoms with Crippen molar-refractivity contribution < 1.29 is 23.9 Å². The predicted molar refractivity (Wildman–Crippen MR) is 176 cm³/mol. The first-order chi connectivity index (χ1) is 22.8. The fourth-order valence-electron chi connectivity index (χ4n) is 7.70. The molecule has 3 amide bonds. The van der Waals surface area contributed by atoms with Gasteiger partial charge in [0.05, 0.1) is 17.9 Å². The third kappa shape index (κ3) is 5.97. The second-order valence-corrected chi connectivity index (χ2v) is 12.8. The van der Waals surface area contributed by atoms with E-state index in [0.717, 1.165) is 23.1 Å². The standard InChI is InChI=1S/C37H42N4O6/c1-3-47-35(45)31-16-10-22-41(31)36(46)37(25-11-5-4-6-12-25)20-17-28(27-13-7-8-15-30(27)37)34(44)40-23-18-26(19-24-40)38-32(42)29-14-9-21-39(2)33(29)43/h4-9,11-15,21,26,28,31H,3,10,16-20,22-24H2,1-2H3,(H,38,42)/t28-,31-,37+/m0/s1. The van der Waals surface area contributed by atoms with Gasteiger partial charge >= 0.3 is 5.97 Å². The summed E-state index contributed by atoms with van der Waals surface area (Å²) in [6, 6.07) is 19.9. The summed E-state index contributed by atoms with van der Waals surface area (Å²) in [5, 5.41) is 2.98. The minimum absolute atomic E-state index is 0.0128. The van der Waals surface area contributed by atoms with Crippen molar-refractivity contribution in [3.05, 3.63) is 106 Å². The minimum Gasteiger partial charge on any atom is -0.464 e. The zero-order valence-electron chi connectivity index (χ0n) is 27.0. The molecule has 0 spiro atoms. The van der Waals surface area contributed by atoms with Crippen LogP contribution in [0.1, 0.15) is 78.4 Å². The van der Waals surface area contributed by atoms with E-state index in [4.69, 9.17) is 4.74 Å². The van der Waals surface area contributed by atoms with Crippen LogP contribution in [0.4, 0.5) is 0 Å². The maximum absolute atomic E-state index is 14.8. The number of benzene rings is 2. The third-order valence-corrected chi connectivity index (χ3v) is 10.1. The van der Waals surface area contributed by atoms with Crippen LogP contribution >= 0.6 is 0 Å². The Morgan fingerprint density at radius 2 is 1.62 bits per heavy atom. The van der Waals surface area contributed by atoms with E-state index in [-0.39, 0.29) is 41.6 Å². The Kier molecular flexibility index (Phi) is 9.29. The van der Waals surface area contributed by atoms with Crippen molar-refractivity contribution in [1.82, 2.24) is 19.7 Å².